The minimum Gasteiger partial charge on any atom is -0.489 e. The van der Waals surface area contributed by atoms with E-state index < -0.39 is 17.4 Å². The Balaban J connectivity index is 1.80. The zero-order valence-corrected chi connectivity index (χ0v) is 16.3. The molecule has 3 aromatic rings. The van der Waals surface area contributed by atoms with Crippen LogP contribution >= 0.6 is 0 Å². The van der Waals surface area contributed by atoms with Gasteiger partial charge in [0.2, 0.25) is 0 Å². The molecular formula is C22H19N3O5. The quantitative estimate of drug-likeness (QED) is 0.517. The molecule has 0 radical (unpaired) electrons. The largest absolute Gasteiger partial charge is 0.489 e. The molecule has 3 heterocycles. The van der Waals surface area contributed by atoms with Gasteiger partial charge in [-0.05, 0) is 24.1 Å². The van der Waals surface area contributed by atoms with Crippen LogP contribution in [0.4, 0.5) is 11.4 Å². The lowest BCUT2D eigenvalue weighted by atomic mass is 10.1. The summed E-state index contributed by atoms with van der Waals surface area (Å²) in [6, 6.07) is 10.8. The minimum absolute atomic E-state index is 0.0767. The molecule has 2 aromatic carbocycles. The zero-order chi connectivity index (χ0) is 21.0. The number of nitrogens with two attached hydrogens (primary N) is 1. The maximum atomic E-state index is 13.6. The fraction of sp³-hybridized carbons (Fsp3) is 0.227. The number of aromatic nitrogens is 1. The van der Waals surface area contributed by atoms with Crippen LogP contribution < -0.4 is 25.7 Å². The van der Waals surface area contributed by atoms with E-state index in [-0.39, 0.29) is 24.5 Å². The smallest absolute Gasteiger partial charge is 0.308 e. The highest BCUT2D eigenvalue weighted by atomic mass is 16.5. The first-order valence-corrected chi connectivity index (χ1v) is 9.66. The van der Waals surface area contributed by atoms with E-state index in [0.717, 1.165) is 11.3 Å². The van der Waals surface area contributed by atoms with Gasteiger partial charge < -0.3 is 24.7 Å². The number of anilines is 2. The normalized spacial score (nSPS) is 14.4. The first kappa shape index (κ1) is 18.2. The lowest BCUT2D eigenvalue weighted by molar-refractivity contribution is -0.131. The molecule has 1 aromatic heterocycles. The van der Waals surface area contributed by atoms with Crippen molar-refractivity contribution in [2.75, 3.05) is 23.8 Å². The number of hydrogen-bond acceptors (Lipinski definition) is 6. The molecule has 0 fully saturated rings. The number of esters is 1. The van der Waals surface area contributed by atoms with Gasteiger partial charge in [-0.25, -0.2) is 0 Å². The number of hydrogen-bond donors (Lipinski definition) is 1. The van der Waals surface area contributed by atoms with Gasteiger partial charge in [0, 0.05) is 36.3 Å². The van der Waals surface area contributed by atoms with Crippen LogP contribution in [0.3, 0.4) is 0 Å². The zero-order valence-electron chi connectivity index (χ0n) is 16.3. The van der Waals surface area contributed by atoms with E-state index in [2.05, 4.69) is 0 Å². The third-order valence-electron chi connectivity index (χ3n) is 5.46. The van der Waals surface area contributed by atoms with E-state index >= 15 is 0 Å². The number of carbonyl (C=O) groups is 2. The number of para-hydroxylation sites is 1. The molecule has 0 saturated heterocycles. The average molecular weight is 405 g/mol. The predicted octanol–water partition coefficient (Wildman–Crippen LogP) is 2.10. The van der Waals surface area contributed by atoms with E-state index in [0.29, 0.717) is 35.3 Å². The van der Waals surface area contributed by atoms with Crippen molar-refractivity contribution < 1.29 is 19.1 Å². The molecule has 0 aliphatic carbocycles. The Morgan fingerprint density at radius 2 is 1.97 bits per heavy atom. The SMILES string of the molecule is CC(=O)Oc1c(C(=O)N2CCc3ccccc32)c(=O)n2c3c(cc(N)cc13)OCC2. The topological polar surface area (TPSA) is 104 Å². The second-order valence-corrected chi connectivity index (χ2v) is 7.35. The molecule has 1 amide bonds. The van der Waals surface area contributed by atoms with E-state index in [4.69, 9.17) is 15.2 Å². The van der Waals surface area contributed by atoms with E-state index in [9.17, 15) is 14.4 Å². The van der Waals surface area contributed by atoms with Crippen molar-refractivity contribution in [2.45, 2.75) is 19.9 Å². The van der Waals surface area contributed by atoms with Gasteiger partial charge in [-0.2, -0.15) is 0 Å². The van der Waals surface area contributed by atoms with Crippen molar-refractivity contribution in [2.24, 2.45) is 0 Å². The number of benzene rings is 2. The summed E-state index contributed by atoms with van der Waals surface area (Å²) in [5.74, 6) is -0.784. The van der Waals surface area contributed by atoms with Crippen molar-refractivity contribution >= 4 is 34.2 Å². The van der Waals surface area contributed by atoms with Crippen LogP contribution in [-0.4, -0.2) is 29.6 Å². The first-order chi connectivity index (χ1) is 14.5. The molecule has 8 heteroatoms. The van der Waals surface area contributed by atoms with Crippen LogP contribution in [-0.2, 0) is 17.8 Å². The van der Waals surface area contributed by atoms with Crippen molar-refractivity contribution in [1.29, 1.82) is 0 Å². The Morgan fingerprint density at radius 3 is 2.77 bits per heavy atom. The molecule has 0 unspecified atom stereocenters. The summed E-state index contributed by atoms with van der Waals surface area (Å²) in [4.78, 5) is 40.5. The summed E-state index contributed by atoms with van der Waals surface area (Å²) in [5, 5.41) is 0.398. The van der Waals surface area contributed by atoms with Gasteiger partial charge in [-0.3, -0.25) is 14.4 Å². The Hall–Kier alpha value is -3.81. The number of ether oxygens (including phenoxy) is 2. The van der Waals surface area contributed by atoms with Crippen LogP contribution in [0.2, 0.25) is 0 Å². The molecule has 0 bridgehead atoms. The average Bonchev–Trinajstić information content (AvgIpc) is 3.15. The van der Waals surface area contributed by atoms with Crippen LogP contribution in [0, 0.1) is 0 Å². The van der Waals surface area contributed by atoms with Gasteiger partial charge in [0.1, 0.15) is 17.9 Å². The van der Waals surface area contributed by atoms with Gasteiger partial charge in [-0.1, -0.05) is 18.2 Å². The third kappa shape index (κ3) is 2.64. The highest BCUT2D eigenvalue weighted by molar-refractivity contribution is 6.12. The van der Waals surface area contributed by atoms with Gasteiger partial charge in [0.25, 0.3) is 11.5 Å². The number of pyridine rings is 1. The van der Waals surface area contributed by atoms with Crippen LogP contribution in [0.5, 0.6) is 11.5 Å². The van der Waals surface area contributed by atoms with Crippen molar-refractivity contribution in [3.05, 3.63) is 57.9 Å². The lowest BCUT2D eigenvalue weighted by Crippen LogP contribution is -2.38. The molecule has 2 N–H and O–H groups in total. The van der Waals surface area contributed by atoms with Crippen molar-refractivity contribution in [1.82, 2.24) is 4.57 Å². The number of carbonyl (C=O) groups excluding carboxylic acids is 2. The second kappa shape index (κ2) is 6.62. The lowest BCUT2D eigenvalue weighted by Gasteiger charge is -2.25. The van der Waals surface area contributed by atoms with Gasteiger partial charge in [0.15, 0.2) is 5.75 Å². The number of rotatable bonds is 2. The van der Waals surface area contributed by atoms with Gasteiger partial charge in [-0.15, -0.1) is 0 Å². The van der Waals surface area contributed by atoms with Gasteiger partial charge >= 0.3 is 5.97 Å². The first-order valence-electron chi connectivity index (χ1n) is 9.66. The fourth-order valence-electron chi connectivity index (χ4n) is 4.24. The molecule has 2 aliphatic rings. The molecular weight excluding hydrogens is 386 g/mol. The molecule has 152 valence electrons. The summed E-state index contributed by atoms with van der Waals surface area (Å²) >= 11 is 0. The van der Waals surface area contributed by atoms with E-state index in [1.165, 1.54) is 11.5 Å². The Kier molecular flexibility index (Phi) is 4.02. The van der Waals surface area contributed by atoms with Gasteiger partial charge in [0.05, 0.1) is 12.1 Å². The molecule has 5 rings (SSSR count). The summed E-state index contributed by atoms with van der Waals surface area (Å²) in [5.41, 5.74) is 7.97. The molecule has 2 aliphatic heterocycles. The predicted molar refractivity (Wildman–Crippen MR) is 111 cm³/mol. The van der Waals surface area contributed by atoms with Crippen molar-refractivity contribution in [3.63, 3.8) is 0 Å². The Morgan fingerprint density at radius 1 is 1.17 bits per heavy atom. The molecule has 30 heavy (non-hydrogen) atoms. The molecule has 8 nitrogen and oxygen atoms in total. The second-order valence-electron chi connectivity index (χ2n) is 7.35. The third-order valence-corrected chi connectivity index (χ3v) is 5.46. The number of nitrogen functional groups attached to an aromatic ring is 1. The Labute approximate surface area is 171 Å². The Bertz CT molecular complexity index is 1290. The standard InChI is InChI=1S/C22H19N3O5/c1-12(26)30-20-15-10-14(23)11-17-19(15)25(8-9-29-17)22(28)18(20)21(27)24-7-6-13-4-2-3-5-16(13)24/h2-5,10-11H,6-9,23H2,1H3. The van der Waals surface area contributed by atoms with E-state index in [1.807, 2.05) is 24.3 Å². The number of nitrogens with zero attached hydrogens (tertiary/aromatic N) is 2. The molecule has 0 saturated carbocycles. The summed E-state index contributed by atoms with van der Waals surface area (Å²) in [6.45, 7) is 2.23. The maximum Gasteiger partial charge on any atom is 0.308 e. The van der Waals surface area contributed by atoms with E-state index in [1.54, 1.807) is 17.0 Å². The highest BCUT2D eigenvalue weighted by Crippen LogP contribution is 2.38. The molecule has 0 spiro atoms. The summed E-state index contributed by atoms with van der Waals surface area (Å²) in [6.07, 6.45) is 0.692. The van der Waals surface area contributed by atoms with Crippen molar-refractivity contribution in [3.8, 4) is 11.5 Å². The van der Waals surface area contributed by atoms with Crippen LogP contribution in [0.1, 0.15) is 22.8 Å². The highest BCUT2D eigenvalue weighted by Gasteiger charge is 2.33. The number of fused-ring (bicyclic) bond motifs is 1. The summed E-state index contributed by atoms with van der Waals surface area (Å²) in [7, 11) is 0. The molecule has 0 atom stereocenters. The van der Waals surface area contributed by atoms with Crippen LogP contribution in [0.15, 0.2) is 41.2 Å². The minimum atomic E-state index is -0.633. The fourth-order valence-corrected chi connectivity index (χ4v) is 4.24. The summed E-state index contributed by atoms with van der Waals surface area (Å²) < 4.78 is 12.6. The monoisotopic (exact) mass is 405 g/mol. The van der Waals surface area contributed by atoms with Crippen LogP contribution in [0.25, 0.3) is 10.9 Å². The number of amides is 1. The maximum absolute atomic E-state index is 13.6.